The first kappa shape index (κ1) is 23.0. The second-order valence-electron chi connectivity index (χ2n) is 7.00. The van der Waals surface area contributed by atoms with E-state index in [1.54, 1.807) is 13.8 Å². The quantitative estimate of drug-likeness (QED) is 0.355. The maximum atomic E-state index is 12.9. The molecule has 2 rings (SSSR count). The number of carbonyl (C=O) groups is 2. The summed E-state index contributed by atoms with van der Waals surface area (Å²) in [4.78, 5) is 36.2. The standard InChI is InChI=1S/C20H27N3O7/c1-6-7-8-13-17(19(24)30-11(2)3)18(22-20(25)21-13)12-9-14(23(26)27)16(29-5)10-15(12)28-4/h9-11,18H,6-8H2,1-5H3,(H2,21,22,25). The first-order valence-electron chi connectivity index (χ1n) is 9.65. The largest absolute Gasteiger partial charge is 0.496 e. The molecule has 164 valence electrons. The second kappa shape index (κ2) is 9.95. The number of unbranched alkanes of at least 4 members (excludes halogenated alkanes) is 1. The normalized spacial score (nSPS) is 16.1. The van der Waals surface area contributed by atoms with Gasteiger partial charge in [-0.25, -0.2) is 9.59 Å². The monoisotopic (exact) mass is 421 g/mol. The molecule has 10 heteroatoms. The molecule has 30 heavy (non-hydrogen) atoms. The first-order chi connectivity index (χ1) is 14.2. The van der Waals surface area contributed by atoms with Crippen LogP contribution in [0.15, 0.2) is 23.4 Å². The number of nitrogens with one attached hydrogen (secondary N) is 2. The summed E-state index contributed by atoms with van der Waals surface area (Å²) >= 11 is 0. The fourth-order valence-electron chi connectivity index (χ4n) is 3.19. The fourth-order valence-corrected chi connectivity index (χ4v) is 3.19. The van der Waals surface area contributed by atoms with E-state index in [1.165, 1.54) is 26.4 Å². The molecule has 1 unspecified atom stereocenters. The SMILES string of the molecule is CCCCC1=C(C(=O)OC(C)C)C(c2cc([N+](=O)[O-])c(OC)cc2OC)NC(=O)N1. The van der Waals surface area contributed by atoms with Gasteiger partial charge < -0.3 is 24.8 Å². The molecule has 0 aliphatic carbocycles. The average Bonchev–Trinajstić information content (AvgIpc) is 2.69. The molecule has 0 radical (unpaired) electrons. The van der Waals surface area contributed by atoms with Crippen molar-refractivity contribution in [2.45, 2.75) is 52.2 Å². The fraction of sp³-hybridized carbons (Fsp3) is 0.500. The van der Waals surface area contributed by atoms with E-state index in [2.05, 4.69) is 10.6 Å². The van der Waals surface area contributed by atoms with Crippen LogP contribution in [0.1, 0.15) is 51.6 Å². The van der Waals surface area contributed by atoms with Crippen molar-refractivity contribution in [1.82, 2.24) is 10.6 Å². The first-order valence-corrected chi connectivity index (χ1v) is 9.65. The van der Waals surface area contributed by atoms with Gasteiger partial charge in [0.25, 0.3) is 0 Å². The Hall–Kier alpha value is -3.30. The molecule has 0 saturated carbocycles. The number of allylic oxidation sites excluding steroid dienone is 1. The van der Waals surface area contributed by atoms with E-state index in [1.807, 2.05) is 6.92 Å². The predicted molar refractivity (Wildman–Crippen MR) is 108 cm³/mol. The number of esters is 1. The molecule has 0 fully saturated rings. The molecule has 1 heterocycles. The highest BCUT2D eigenvalue weighted by Gasteiger charge is 2.37. The van der Waals surface area contributed by atoms with Gasteiger partial charge in [0.1, 0.15) is 5.75 Å². The number of hydrogen-bond donors (Lipinski definition) is 2. The van der Waals surface area contributed by atoms with Crippen molar-refractivity contribution in [3.63, 3.8) is 0 Å². The Morgan fingerprint density at radius 2 is 1.90 bits per heavy atom. The summed E-state index contributed by atoms with van der Waals surface area (Å²) in [5, 5.41) is 16.9. The van der Waals surface area contributed by atoms with E-state index in [9.17, 15) is 19.7 Å². The molecule has 10 nitrogen and oxygen atoms in total. The zero-order chi connectivity index (χ0) is 22.4. The molecular weight excluding hydrogens is 394 g/mol. The molecule has 2 N–H and O–H groups in total. The van der Waals surface area contributed by atoms with Gasteiger partial charge in [-0.05, 0) is 26.7 Å². The molecule has 1 aromatic carbocycles. The molecule has 1 aromatic rings. The van der Waals surface area contributed by atoms with Crippen molar-refractivity contribution in [3.8, 4) is 11.5 Å². The molecule has 1 aliphatic heterocycles. The van der Waals surface area contributed by atoms with Crippen LogP contribution in [0.25, 0.3) is 0 Å². The Bertz CT molecular complexity index is 864. The predicted octanol–water partition coefficient (Wildman–Crippen LogP) is 3.36. The van der Waals surface area contributed by atoms with Crippen molar-refractivity contribution >= 4 is 17.7 Å². The molecule has 1 atom stereocenters. The number of amides is 2. The van der Waals surface area contributed by atoms with Crippen LogP contribution in [0.5, 0.6) is 11.5 Å². The molecule has 2 amide bonds. The Kier molecular flexibility index (Phi) is 7.62. The number of nitrogens with zero attached hydrogens (tertiary/aromatic N) is 1. The maximum absolute atomic E-state index is 12.9. The lowest BCUT2D eigenvalue weighted by molar-refractivity contribution is -0.385. The zero-order valence-electron chi connectivity index (χ0n) is 17.7. The van der Waals surface area contributed by atoms with Crippen LogP contribution in [-0.2, 0) is 9.53 Å². The van der Waals surface area contributed by atoms with Crippen molar-refractivity contribution in [3.05, 3.63) is 39.1 Å². The van der Waals surface area contributed by atoms with Gasteiger partial charge >= 0.3 is 17.7 Å². The van der Waals surface area contributed by atoms with Gasteiger partial charge in [0.05, 0.1) is 36.9 Å². The summed E-state index contributed by atoms with van der Waals surface area (Å²) in [6, 6.07) is 1.09. The zero-order valence-corrected chi connectivity index (χ0v) is 17.7. The van der Waals surface area contributed by atoms with Gasteiger partial charge in [0.2, 0.25) is 5.75 Å². The third-order valence-corrected chi connectivity index (χ3v) is 4.54. The van der Waals surface area contributed by atoms with Crippen LogP contribution in [-0.4, -0.2) is 37.2 Å². The summed E-state index contributed by atoms with van der Waals surface area (Å²) in [5.41, 5.74) is 0.559. The number of carbonyl (C=O) groups excluding carboxylic acids is 2. The summed E-state index contributed by atoms with van der Waals surface area (Å²) in [7, 11) is 2.70. The lowest BCUT2D eigenvalue weighted by Gasteiger charge is -2.30. The minimum Gasteiger partial charge on any atom is -0.496 e. The minimum atomic E-state index is -0.989. The topological polar surface area (TPSA) is 129 Å². The number of rotatable bonds is 9. The van der Waals surface area contributed by atoms with Crippen LogP contribution in [0.4, 0.5) is 10.5 Å². The third-order valence-electron chi connectivity index (χ3n) is 4.54. The maximum Gasteiger partial charge on any atom is 0.338 e. The number of hydrogen-bond acceptors (Lipinski definition) is 7. The van der Waals surface area contributed by atoms with Gasteiger partial charge in [-0.15, -0.1) is 0 Å². The summed E-state index contributed by atoms with van der Waals surface area (Å²) in [5.74, 6) is -0.384. The summed E-state index contributed by atoms with van der Waals surface area (Å²) in [6.07, 6.45) is 1.65. The smallest absolute Gasteiger partial charge is 0.338 e. The highest BCUT2D eigenvalue weighted by atomic mass is 16.6. The average molecular weight is 421 g/mol. The van der Waals surface area contributed by atoms with Crippen LogP contribution < -0.4 is 20.1 Å². The number of benzene rings is 1. The number of nitro groups is 1. The van der Waals surface area contributed by atoms with Crippen LogP contribution in [0.3, 0.4) is 0 Å². The highest BCUT2D eigenvalue weighted by molar-refractivity contribution is 5.95. The molecule has 0 spiro atoms. The van der Waals surface area contributed by atoms with Crippen LogP contribution >= 0.6 is 0 Å². The lowest BCUT2D eigenvalue weighted by atomic mass is 9.92. The Morgan fingerprint density at radius 1 is 1.23 bits per heavy atom. The van der Waals surface area contributed by atoms with E-state index < -0.39 is 23.0 Å². The van der Waals surface area contributed by atoms with Crippen LogP contribution in [0.2, 0.25) is 0 Å². The van der Waals surface area contributed by atoms with Gasteiger partial charge in [0, 0.05) is 23.4 Å². The number of urea groups is 1. The molecule has 0 bridgehead atoms. The lowest BCUT2D eigenvalue weighted by Crippen LogP contribution is -2.46. The van der Waals surface area contributed by atoms with Crippen molar-refractivity contribution < 1.29 is 28.7 Å². The molecule has 0 saturated heterocycles. The summed E-state index contributed by atoms with van der Waals surface area (Å²) in [6.45, 7) is 5.42. The van der Waals surface area contributed by atoms with Crippen molar-refractivity contribution in [1.29, 1.82) is 0 Å². The number of nitro benzene ring substituents is 1. The van der Waals surface area contributed by atoms with Gasteiger partial charge in [-0.2, -0.15) is 0 Å². The van der Waals surface area contributed by atoms with E-state index in [0.717, 1.165) is 12.8 Å². The second-order valence-corrected chi connectivity index (χ2v) is 7.00. The minimum absolute atomic E-state index is 0.00218. The molecular formula is C20H27N3O7. The van der Waals surface area contributed by atoms with E-state index >= 15 is 0 Å². The van der Waals surface area contributed by atoms with E-state index in [4.69, 9.17) is 14.2 Å². The molecule has 0 aromatic heterocycles. The van der Waals surface area contributed by atoms with E-state index in [-0.39, 0.29) is 34.4 Å². The van der Waals surface area contributed by atoms with Crippen molar-refractivity contribution in [2.24, 2.45) is 0 Å². The van der Waals surface area contributed by atoms with Gasteiger partial charge in [-0.1, -0.05) is 13.3 Å². The molecule has 1 aliphatic rings. The Morgan fingerprint density at radius 3 is 2.43 bits per heavy atom. The Labute approximate surface area is 174 Å². The third kappa shape index (κ3) is 5.00. The summed E-state index contributed by atoms with van der Waals surface area (Å²) < 4.78 is 15.9. The number of methoxy groups -OCH3 is 2. The van der Waals surface area contributed by atoms with Gasteiger partial charge in [-0.3, -0.25) is 10.1 Å². The van der Waals surface area contributed by atoms with Gasteiger partial charge in [0.15, 0.2) is 0 Å². The van der Waals surface area contributed by atoms with Crippen LogP contribution in [0, 0.1) is 10.1 Å². The van der Waals surface area contributed by atoms with Crippen molar-refractivity contribution in [2.75, 3.05) is 14.2 Å². The highest BCUT2D eigenvalue weighted by Crippen LogP contribution is 2.41. The van der Waals surface area contributed by atoms with E-state index in [0.29, 0.717) is 12.1 Å². The number of ether oxygens (including phenoxy) is 3. The Balaban J connectivity index is 2.71.